The van der Waals surface area contributed by atoms with Crippen LogP contribution in [-0.2, 0) is 25.3 Å². The van der Waals surface area contributed by atoms with E-state index in [1.54, 1.807) is 31.2 Å². The van der Waals surface area contributed by atoms with E-state index < -0.39 is 46.6 Å². The normalized spacial score (nSPS) is 20.7. The number of ether oxygens (including phenoxy) is 2. The number of esters is 1. The maximum absolute atomic E-state index is 13.7. The van der Waals surface area contributed by atoms with Gasteiger partial charge in [-0.25, -0.2) is 9.69 Å². The summed E-state index contributed by atoms with van der Waals surface area (Å²) in [6, 6.07) is 10.6. The second kappa shape index (κ2) is 9.95. The van der Waals surface area contributed by atoms with Crippen molar-refractivity contribution in [2.45, 2.75) is 29.3 Å². The molecular weight excluding hydrogens is 545 g/mol. The number of fused-ring (bicyclic) bond motifs is 2. The first-order valence-electron chi connectivity index (χ1n) is 11.4. The van der Waals surface area contributed by atoms with Gasteiger partial charge < -0.3 is 14.5 Å². The molecule has 38 heavy (non-hydrogen) atoms. The molecule has 0 bridgehead atoms. The average molecular weight is 565 g/mol. The molecule has 3 atom stereocenters. The molecular formula is C25H19F3N2O6S2. The molecule has 13 heteroatoms. The van der Waals surface area contributed by atoms with Gasteiger partial charge in [-0.05, 0) is 42.8 Å². The minimum atomic E-state index is -4.65. The molecule has 198 valence electrons. The second-order valence-corrected chi connectivity index (χ2v) is 10.6. The molecule has 0 unspecified atom stereocenters. The van der Waals surface area contributed by atoms with E-state index in [1.165, 1.54) is 6.07 Å². The van der Waals surface area contributed by atoms with Crippen molar-refractivity contribution in [1.29, 1.82) is 0 Å². The fourth-order valence-electron chi connectivity index (χ4n) is 4.59. The minimum absolute atomic E-state index is 0.174. The van der Waals surface area contributed by atoms with Crippen LogP contribution in [0.1, 0.15) is 28.8 Å². The topological polar surface area (TPSA) is 106 Å². The Kier molecular flexibility index (Phi) is 6.82. The lowest BCUT2D eigenvalue weighted by molar-refractivity contribution is -0.145. The highest BCUT2D eigenvalue weighted by Gasteiger charge is 2.56. The molecule has 1 fully saturated rings. The van der Waals surface area contributed by atoms with Gasteiger partial charge >= 0.3 is 17.0 Å². The van der Waals surface area contributed by atoms with Crippen LogP contribution in [0.2, 0.25) is 0 Å². The number of amides is 2. The number of nitrogens with zero attached hydrogens (tertiary/aromatic N) is 1. The van der Waals surface area contributed by atoms with E-state index in [0.717, 1.165) is 46.2 Å². The number of carbonyl (C=O) groups excluding carboxylic acids is 3. The molecule has 0 saturated carbocycles. The molecule has 0 aliphatic carbocycles. The Balaban J connectivity index is 1.54. The summed E-state index contributed by atoms with van der Waals surface area (Å²) < 4.78 is 50.4. The lowest BCUT2D eigenvalue weighted by Crippen LogP contribution is -2.32. The molecule has 2 amide bonds. The summed E-state index contributed by atoms with van der Waals surface area (Å²) in [5.74, 6) is -3.32. The molecule has 3 heterocycles. The van der Waals surface area contributed by atoms with Crippen molar-refractivity contribution < 1.29 is 37.0 Å². The van der Waals surface area contributed by atoms with E-state index in [9.17, 15) is 32.3 Å². The smallest absolute Gasteiger partial charge is 0.416 e. The lowest BCUT2D eigenvalue weighted by Gasteiger charge is -2.30. The van der Waals surface area contributed by atoms with Gasteiger partial charge in [-0.15, -0.1) is 0 Å². The summed E-state index contributed by atoms with van der Waals surface area (Å²) in [6.07, 6.45) is -4.65. The molecule has 1 aromatic heterocycles. The van der Waals surface area contributed by atoms with E-state index in [-0.39, 0.29) is 23.8 Å². The number of aromatic nitrogens is 1. The van der Waals surface area contributed by atoms with Gasteiger partial charge in [0.2, 0.25) is 11.8 Å². The molecule has 0 spiro atoms. The van der Waals surface area contributed by atoms with Gasteiger partial charge in [0.05, 0.1) is 28.8 Å². The molecule has 1 N–H and O–H groups in total. The molecule has 1 saturated heterocycles. The lowest BCUT2D eigenvalue weighted by atomic mass is 9.83. The number of thioether (sulfide) groups is 1. The summed E-state index contributed by atoms with van der Waals surface area (Å²) in [7, 11) is 0. The van der Waals surface area contributed by atoms with Crippen LogP contribution in [0.3, 0.4) is 0 Å². The van der Waals surface area contributed by atoms with Crippen LogP contribution >= 0.6 is 23.1 Å². The van der Waals surface area contributed by atoms with Crippen LogP contribution in [0.15, 0.2) is 58.4 Å². The van der Waals surface area contributed by atoms with E-state index >= 15 is 0 Å². The summed E-state index contributed by atoms with van der Waals surface area (Å²) >= 11 is 1.92. The van der Waals surface area contributed by atoms with Crippen LogP contribution in [0.25, 0.3) is 0 Å². The maximum atomic E-state index is 13.7. The van der Waals surface area contributed by atoms with Gasteiger partial charge in [-0.3, -0.25) is 14.4 Å². The number of thiazole rings is 1. The van der Waals surface area contributed by atoms with Crippen molar-refractivity contribution >= 4 is 46.6 Å². The molecule has 0 radical (unpaired) electrons. The number of benzene rings is 2. The van der Waals surface area contributed by atoms with Crippen molar-refractivity contribution in [2.75, 3.05) is 18.1 Å². The third-order valence-electron chi connectivity index (χ3n) is 6.13. The number of aromatic amines is 1. The number of hydrogen-bond donors (Lipinski definition) is 1. The first kappa shape index (κ1) is 26.0. The van der Waals surface area contributed by atoms with Crippen molar-refractivity contribution in [3.8, 4) is 5.75 Å². The number of carbonyl (C=O) groups is 3. The largest absolute Gasteiger partial charge is 0.482 e. The molecule has 2 aliphatic rings. The molecule has 5 rings (SSSR count). The van der Waals surface area contributed by atoms with E-state index in [4.69, 9.17) is 9.47 Å². The van der Waals surface area contributed by atoms with Crippen LogP contribution < -0.4 is 14.5 Å². The Labute approximate surface area is 221 Å². The zero-order chi connectivity index (χ0) is 27.2. The quantitative estimate of drug-likeness (QED) is 0.354. The van der Waals surface area contributed by atoms with Crippen molar-refractivity contribution in [3.63, 3.8) is 0 Å². The number of alkyl halides is 3. The zero-order valence-electron chi connectivity index (χ0n) is 19.6. The van der Waals surface area contributed by atoms with Gasteiger partial charge in [-0.2, -0.15) is 13.2 Å². The monoisotopic (exact) mass is 564 g/mol. The number of halogens is 3. The predicted octanol–water partition coefficient (Wildman–Crippen LogP) is 4.19. The summed E-state index contributed by atoms with van der Waals surface area (Å²) in [4.78, 5) is 54.8. The SMILES string of the molecule is CCOC(=O)COc1cccc([C@@H]2c3sc(=O)[nH]c3S[C@H]3C(=O)N(c4cccc(C(F)(F)F)c4)C(=O)[C@@H]23)c1. The van der Waals surface area contributed by atoms with Gasteiger partial charge in [-0.1, -0.05) is 41.3 Å². The van der Waals surface area contributed by atoms with Crippen molar-refractivity contribution in [3.05, 3.63) is 74.2 Å². The van der Waals surface area contributed by atoms with Crippen LogP contribution in [0, 0.1) is 5.92 Å². The Morgan fingerprint density at radius 3 is 2.58 bits per heavy atom. The maximum Gasteiger partial charge on any atom is 0.416 e. The summed E-state index contributed by atoms with van der Waals surface area (Å²) in [5, 5.41) is -0.542. The highest BCUT2D eigenvalue weighted by atomic mass is 32.2. The van der Waals surface area contributed by atoms with Gasteiger partial charge in [0, 0.05) is 10.8 Å². The molecule has 2 aromatic carbocycles. The zero-order valence-corrected chi connectivity index (χ0v) is 21.2. The van der Waals surface area contributed by atoms with Crippen molar-refractivity contribution in [1.82, 2.24) is 4.98 Å². The number of imide groups is 1. The summed E-state index contributed by atoms with van der Waals surface area (Å²) in [5.41, 5.74) is -0.610. The van der Waals surface area contributed by atoms with Crippen LogP contribution in [-0.4, -0.2) is 41.2 Å². The van der Waals surface area contributed by atoms with Gasteiger partial charge in [0.15, 0.2) is 6.61 Å². The Morgan fingerprint density at radius 2 is 1.84 bits per heavy atom. The number of rotatable bonds is 6. The molecule has 2 aliphatic heterocycles. The fraction of sp³-hybridized carbons (Fsp3) is 0.280. The van der Waals surface area contributed by atoms with Gasteiger partial charge in [0.25, 0.3) is 0 Å². The highest BCUT2D eigenvalue weighted by Crippen LogP contribution is 2.53. The molecule has 8 nitrogen and oxygen atoms in total. The van der Waals surface area contributed by atoms with E-state index in [1.807, 2.05) is 0 Å². The first-order chi connectivity index (χ1) is 18.1. The van der Waals surface area contributed by atoms with E-state index in [2.05, 4.69) is 4.98 Å². The van der Waals surface area contributed by atoms with E-state index in [0.29, 0.717) is 21.2 Å². The Morgan fingerprint density at radius 1 is 1.08 bits per heavy atom. The standard InChI is InChI=1S/C25H19F3N2O6S2/c1-2-35-16(31)11-36-15-8-3-5-12(9-15)17-18-20(37-21-19(17)38-24(34)29-21)23(33)30(22(18)32)14-7-4-6-13(10-14)25(26,27)28/h3-10,17-18,20H,2,11H2,1H3,(H,29,34)/t17-,18-,20+/m0/s1. The fourth-order valence-corrected chi connectivity index (χ4v) is 7.11. The summed E-state index contributed by atoms with van der Waals surface area (Å²) in [6.45, 7) is 1.52. The Bertz CT molecular complexity index is 1480. The van der Waals surface area contributed by atoms with Gasteiger partial charge in [0.1, 0.15) is 11.0 Å². The third-order valence-corrected chi connectivity index (χ3v) is 8.54. The van der Waals surface area contributed by atoms with Crippen LogP contribution in [0.4, 0.5) is 18.9 Å². The van der Waals surface area contributed by atoms with Crippen molar-refractivity contribution in [2.24, 2.45) is 5.92 Å². The highest BCUT2D eigenvalue weighted by molar-refractivity contribution is 8.00. The number of H-pyrrole nitrogens is 1. The second-order valence-electron chi connectivity index (χ2n) is 8.48. The number of anilines is 1. The predicted molar refractivity (Wildman–Crippen MR) is 132 cm³/mol. The first-order valence-corrected chi connectivity index (χ1v) is 13.1. The molecule has 3 aromatic rings. The Hall–Kier alpha value is -3.58. The third kappa shape index (κ3) is 4.71. The minimum Gasteiger partial charge on any atom is -0.482 e. The number of hydrogen-bond acceptors (Lipinski definition) is 8. The van der Waals surface area contributed by atoms with Crippen LogP contribution in [0.5, 0.6) is 5.75 Å². The average Bonchev–Trinajstić information content (AvgIpc) is 3.37. The number of nitrogens with one attached hydrogen (secondary N) is 1.